The Morgan fingerprint density at radius 3 is 2.18 bits per heavy atom. The lowest BCUT2D eigenvalue weighted by atomic mass is 9.85. The highest BCUT2D eigenvalue weighted by molar-refractivity contribution is 4.95. The lowest BCUT2D eigenvalue weighted by molar-refractivity contribution is 0.0277. The van der Waals surface area contributed by atoms with Crippen molar-refractivity contribution in [2.24, 2.45) is 0 Å². The molecule has 0 aromatic rings. The summed E-state index contributed by atoms with van der Waals surface area (Å²) in [5.41, 5.74) is 0.407. The predicted molar refractivity (Wildman–Crippen MR) is 72.5 cm³/mol. The minimum absolute atomic E-state index is 0.407. The van der Waals surface area contributed by atoms with Gasteiger partial charge in [0, 0.05) is 38.3 Å². The second-order valence-corrected chi connectivity index (χ2v) is 5.95. The van der Waals surface area contributed by atoms with Crippen molar-refractivity contribution in [2.45, 2.75) is 18.4 Å². The van der Waals surface area contributed by atoms with E-state index in [9.17, 15) is 0 Å². The minimum atomic E-state index is 0.407. The summed E-state index contributed by atoms with van der Waals surface area (Å²) in [6, 6.07) is 0. The van der Waals surface area contributed by atoms with Gasteiger partial charge in [0.25, 0.3) is 0 Å². The van der Waals surface area contributed by atoms with Crippen LogP contribution in [-0.2, 0) is 0 Å². The van der Waals surface area contributed by atoms with Gasteiger partial charge in [-0.2, -0.15) is 0 Å². The lowest BCUT2D eigenvalue weighted by Gasteiger charge is -2.48. The average Bonchev–Trinajstić information content (AvgIpc) is 2.33. The second-order valence-electron chi connectivity index (χ2n) is 5.95. The highest BCUT2D eigenvalue weighted by atomic mass is 15.3. The molecule has 100 valence electrons. The van der Waals surface area contributed by atoms with Crippen LogP contribution < -0.4 is 5.32 Å². The molecule has 0 aromatic carbocycles. The number of hydrogen-bond donors (Lipinski definition) is 1. The second kappa shape index (κ2) is 5.65. The zero-order chi connectivity index (χ0) is 12.3. The van der Waals surface area contributed by atoms with Crippen molar-refractivity contribution in [3.63, 3.8) is 0 Å². The van der Waals surface area contributed by atoms with E-state index in [1.54, 1.807) is 0 Å². The molecular weight excluding hydrogens is 212 g/mol. The zero-order valence-corrected chi connectivity index (χ0v) is 11.7. The maximum absolute atomic E-state index is 3.44. The summed E-state index contributed by atoms with van der Waals surface area (Å²) in [5, 5.41) is 3.44. The first-order valence-electron chi connectivity index (χ1n) is 6.91. The number of likely N-dealkylation sites (tertiary alicyclic amines) is 1. The Hall–Kier alpha value is -0.160. The molecule has 2 saturated heterocycles. The van der Waals surface area contributed by atoms with E-state index < -0.39 is 0 Å². The third-order valence-electron chi connectivity index (χ3n) is 4.59. The van der Waals surface area contributed by atoms with Crippen molar-refractivity contribution >= 4 is 0 Å². The van der Waals surface area contributed by atoms with E-state index in [1.807, 2.05) is 0 Å². The smallest absolute Gasteiger partial charge is 0.0354 e. The summed E-state index contributed by atoms with van der Waals surface area (Å²) in [4.78, 5) is 7.57. The van der Waals surface area contributed by atoms with Crippen LogP contribution in [0.4, 0.5) is 0 Å². The van der Waals surface area contributed by atoms with Gasteiger partial charge < -0.3 is 15.1 Å². The quantitative estimate of drug-likeness (QED) is 0.745. The fourth-order valence-corrected chi connectivity index (χ4v) is 3.07. The maximum Gasteiger partial charge on any atom is 0.0354 e. The largest absolute Gasteiger partial charge is 0.314 e. The molecule has 2 rings (SSSR count). The Balaban J connectivity index is 1.96. The Morgan fingerprint density at radius 1 is 1.06 bits per heavy atom. The molecule has 0 aromatic heterocycles. The highest BCUT2D eigenvalue weighted by Crippen LogP contribution is 2.27. The Kier molecular flexibility index (Phi) is 4.42. The maximum atomic E-state index is 3.44. The number of likely N-dealkylation sites (N-methyl/N-ethyl adjacent to an activating group) is 1. The van der Waals surface area contributed by atoms with Gasteiger partial charge in [0.1, 0.15) is 0 Å². The molecule has 2 heterocycles. The summed E-state index contributed by atoms with van der Waals surface area (Å²) in [6.45, 7) is 8.47. The Bertz CT molecular complexity index is 228. The molecule has 4 heteroatoms. The molecule has 0 atom stereocenters. The molecule has 2 aliphatic heterocycles. The van der Waals surface area contributed by atoms with Crippen molar-refractivity contribution in [2.75, 3.05) is 67.0 Å². The van der Waals surface area contributed by atoms with Gasteiger partial charge in [-0.05, 0) is 47.1 Å². The van der Waals surface area contributed by atoms with Gasteiger partial charge in [-0.15, -0.1) is 0 Å². The summed E-state index contributed by atoms with van der Waals surface area (Å²) in [7, 11) is 6.76. The van der Waals surface area contributed by atoms with Crippen LogP contribution in [-0.4, -0.2) is 87.2 Å². The van der Waals surface area contributed by atoms with Gasteiger partial charge in [0.15, 0.2) is 0 Å². The average molecular weight is 240 g/mol. The normalized spacial score (nSPS) is 27.5. The summed E-state index contributed by atoms with van der Waals surface area (Å²) >= 11 is 0. The summed E-state index contributed by atoms with van der Waals surface area (Å²) in [6.07, 6.45) is 2.61. The third-order valence-corrected chi connectivity index (χ3v) is 4.59. The van der Waals surface area contributed by atoms with Gasteiger partial charge in [-0.25, -0.2) is 0 Å². The van der Waals surface area contributed by atoms with Gasteiger partial charge in [0.05, 0.1) is 0 Å². The molecule has 1 N–H and O–H groups in total. The first-order chi connectivity index (χ1) is 8.12. The molecule has 17 heavy (non-hydrogen) atoms. The SMILES string of the molecule is CN1CCC(CN2CCNCC2)(N(C)C)CC1. The summed E-state index contributed by atoms with van der Waals surface area (Å²) in [5.74, 6) is 0. The van der Waals surface area contributed by atoms with Crippen LogP contribution in [0.15, 0.2) is 0 Å². The third kappa shape index (κ3) is 3.19. The van der Waals surface area contributed by atoms with Gasteiger partial charge in [-0.1, -0.05) is 0 Å². The number of rotatable bonds is 3. The van der Waals surface area contributed by atoms with Crippen LogP contribution in [0.1, 0.15) is 12.8 Å². The lowest BCUT2D eigenvalue weighted by Crippen LogP contribution is -2.60. The van der Waals surface area contributed by atoms with E-state index in [2.05, 4.69) is 41.2 Å². The minimum Gasteiger partial charge on any atom is -0.314 e. The van der Waals surface area contributed by atoms with Crippen LogP contribution in [0.2, 0.25) is 0 Å². The van der Waals surface area contributed by atoms with Crippen molar-refractivity contribution in [3.8, 4) is 0 Å². The van der Waals surface area contributed by atoms with Gasteiger partial charge >= 0.3 is 0 Å². The molecule has 0 aliphatic carbocycles. The Labute approximate surface area is 106 Å². The van der Waals surface area contributed by atoms with E-state index in [4.69, 9.17) is 0 Å². The molecule has 0 amide bonds. The molecule has 0 bridgehead atoms. The van der Waals surface area contributed by atoms with Crippen molar-refractivity contribution in [1.29, 1.82) is 0 Å². The molecule has 2 aliphatic rings. The van der Waals surface area contributed by atoms with Gasteiger partial charge in [-0.3, -0.25) is 4.90 Å². The van der Waals surface area contributed by atoms with E-state index in [0.717, 1.165) is 13.1 Å². The molecule has 0 unspecified atom stereocenters. The van der Waals surface area contributed by atoms with Crippen molar-refractivity contribution in [3.05, 3.63) is 0 Å². The van der Waals surface area contributed by atoms with E-state index in [-0.39, 0.29) is 0 Å². The van der Waals surface area contributed by atoms with Crippen molar-refractivity contribution in [1.82, 2.24) is 20.0 Å². The number of hydrogen-bond acceptors (Lipinski definition) is 4. The number of piperazine rings is 1. The monoisotopic (exact) mass is 240 g/mol. The molecular formula is C13H28N4. The Morgan fingerprint density at radius 2 is 1.65 bits per heavy atom. The van der Waals surface area contributed by atoms with Crippen molar-refractivity contribution < 1.29 is 0 Å². The predicted octanol–water partition coefficient (Wildman–Crippen LogP) is -0.0824. The molecule has 0 spiro atoms. The van der Waals surface area contributed by atoms with Crippen LogP contribution >= 0.6 is 0 Å². The topological polar surface area (TPSA) is 21.8 Å². The first kappa shape index (κ1) is 13.3. The van der Waals surface area contributed by atoms with Crippen LogP contribution in [0, 0.1) is 0 Å². The zero-order valence-electron chi connectivity index (χ0n) is 11.7. The highest BCUT2D eigenvalue weighted by Gasteiger charge is 2.37. The molecule has 2 fully saturated rings. The fourth-order valence-electron chi connectivity index (χ4n) is 3.07. The van der Waals surface area contributed by atoms with E-state index in [1.165, 1.54) is 45.6 Å². The fraction of sp³-hybridized carbons (Fsp3) is 1.00. The van der Waals surface area contributed by atoms with E-state index in [0.29, 0.717) is 5.54 Å². The number of piperidine rings is 1. The molecule has 0 saturated carbocycles. The van der Waals surface area contributed by atoms with Crippen LogP contribution in [0.5, 0.6) is 0 Å². The molecule has 0 radical (unpaired) electrons. The van der Waals surface area contributed by atoms with Crippen LogP contribution in [0.25, 0.3) is 0 Å². The van der Waals surface area contributed by atoms with Crippen LogP contribution in [0.3, 0.4) is 0 Å². The summed E-state index contributed by atoms with van der Waals surface area (Å²) < 4.78 is 0. The standard InChI is InChI=1S/C13H28N4/c1-15(2)13(4-8-16(3)9-5-13)12-17-10-6-14-7-11-17/h14H,4-12H2,1-3H3. The molecule has 4 nitrogen and oxygen atoms in total. The first-order valence-corrected chi connectivity index (χ1v) is 6.91. The number of nitrogens with one attached hydrogen (secondary N) is 1. The van der Waals surface area contributed by atoms with E-state index >= 15 is 0 Å². The van der Waals surface area contributed by atoms with Gasteiger partial charge in [0.2, 0.25) is 0 Å². The number of nitrogens with zero attached hydrogens (tertiary/aromatic N) is 3.